The number of rotatable bonds is 3. The van der Waals surface area contributed by atoms with Crippen molar-refractivity contribution in [2.24, 2.45) is 17.3 Å². The second-order valence-corrected chi connectivity index (χ2v) is 8.45. The van der Waals surface area contributed by atoms with Crippen molar-refractivity contribution in [3.05, 3.63) is 29.0 Å². The lowest BCUT2D eigenvalue weighted by molar-refractivity contribution is -0.167. The van der Waals surface area contributed by atoms with Crippen LogP contribution in [0.3, 0.4) is 0 Å². The van der Waals surface area contributed by atoms with Gasteiger partial charge >= 0.3 is 0 Å². The maximum Gasteiger partial charge on any atom is 0.224 e. The third-order valence-electron chi connectivity index (χ3n) is 5.89. The molecule has 124 valence electrons. The van der Waals surface area contributed by atoms with Gasteiger partial charge in [-0.05, 0) is 74.0 Å². The zero-order valence-electron chi connectivity index (χ0n) is 12.9. The Kier molecular flexibility index (Phi) is 3.47. The average Bonchev–Trinajstić information content (AvgIpc) is 2.39. The van der Waals surface area contributed by atoms with Crippen LogP contribution in [0.25, 0.3) is 0 Å². The van der Waals surface area contributed by atoms with E-state index < -0.39 is 11.4 Å². The molecule has 0 aliphatic heterocycles. The fraction of sp³-hybridized carbons (Fsp3) is 0.611. The first kappa shape index (κ1) is 15.4. The van der Waals surface area contributed by atoms with Gasteiger partial charge in [0.2, 0.25) is 5.91 Å². The number of anilines is 1. The van der Waals surface area contributed by atoms with E-state index >= 15 is 0 Å². The van der Waals surface area contributed by atoms with Crippen LogP contribution in [0.5, 0.6) is 0 Å². The average molecular weight is 338 g/mol. The molecule has 23 heavy (non-hydrogen) atoms. The Morgan fingerprint density at radius 3 is 2.61 bits per heavy atom. The lowest BCUT2D eigenvalue weighted by Crippen LogP contribution is -2.56. The molecular weight excluding hydrogens is 317 g/mol. The summed E-state index contributed by atoms with van der Waals surface area (Å²) in [7, 11) is 0. The van der Waals surface area contributed by atoms with E-state index in [1.807, 2.05) is 0 Å². The maximum absolute atomic E-state index is 13.2. The van der Waals surface area contributed by atoms with Crippen LogP contribution in [-0.4, -0.2) is 16.6 Å². The van der Waals surface area contributed by atoms with E-state index in [1.165, 1.54) is 24.6 Å². The summed E-state index contributed by atoms with van der Waals surface area (Å²) < 4.78 is 13.2. The Labute approximate surface area is 140 Å². The van der Waals surface area contributed by atoms with Gasteiger partial charge in [-0.25, -0.2) is 4.39 Å². The number of halogens is 2. The lowest BCUT2D eigenvalue weighted by atomic mass is 9.47. The van der Waals surface area contributed by atoms with Crippen LogP contribution < -0.4 is 5.32 Å². The van der Waals surface area contributed by atoms with E-state index in [-0.39, 0.29) is 16.3 Å². The molecule has 0 saturated heterocycles. The van der Waals surface area contributed by atoms with Crippen molar-refractivity contribution in [2.45, 2.75) is 50.5 Å². The Hall–Kier alpha value is -1.13. The van der Waals surface area contributed by atoms with Crippen LogP contribution in [0.15, 0.2) is 18.2 Å². The summed E-state index contributed by atoms with van der Waals surface area (Å²) >= 11 is 5.76. The predicted octanol–water partition coefficient (Wildman–Crippen LogP) is 4.14. The van der Waals surface area contributed by atoms with Crippen LogP contribution in [0.4, 0.5) is 10.1 Å². The zero-order chi connectivity index (χ0) is 16.2. The van der Waals surface area contributed by atoms with Crippen molar-refractivity contribution in [1.82, 2.24) is 0 Å². The number of benzene rings is 1. The van der Waals surface area contributed by atoms with Crippen LogP contribution in [0, 0.1) is 23.1 Å². The summed E-state index contributed by atoms with van der Waals surface area (Å²) in [5.74, 6) is 0.565. The number of hydrogen-bond donors (Lipinski definition) is 2. The number of aliphatic hydroxyl groups is 1. The van der Waals surface area contributed by atoms with Gasteiger partial charge in [0.25, 0.3) is 0 Å². The fourth-order valence-corrected chi connectivity index (χ4v) is 5.91. The van der Waals surface area contributed by atoms with Gasteiger partial charge in [-0.1, -0.05) is 11.6 Å². The van der Waals surface area contributed by atoms with Crippen LogP contribution in [0.1, 0.15) is 44.9 Å². The number of carbonyl (C=O) groups excluding carboxylic acids is 1. The van der Waals surface area contributed by atoms with E-state index in [9.17, 15) is 14.3 Å². The van der Waals surface area contributed by atoms with Gasteiger partial charge in [0, 0.05) is 12.1 Å². The molecule has 0 radical (unpaired) electrons. The molecule has 1 aromatic rings. The molecule has 2 N–H and O–H groups in total. The first-order valence-electron chi connectivity index (χ1n) is 8.32. The predicted molar refractivity (Wildman–Crippen MR) is 86.7 cm³/mol. The lowest BCUT2D eigenvalue weighted by Gasteiger charge is -2.60. The minimum absolute atomic E-state index is 0.00640. The molecule has 4 fully saturated rings. The van der Waals surface area contributed by atoms with Gasteiger partial charge in [-0.15, -0.1) is 0 Å². The summed E-state index contributed by atoms with van der Waals surface area (Å²) in [6.45, 7) is 0. The number of nitrogens with one attached hydrogen (secondary N) is 1. The Balaban J connectivity index is 1.47. The number of carbonyl (C=O) groups is 1. The highest BCUT2D eigenvalue weighted by Gasteiger charge is 2.57. The molecule has 3 nitrogen and oxygen atoms in total. The number of hydrogen-bond acceptors (Lipinski definition) is 2. The number of amides is 1. The second kappa shape index (κ2) is 5.18. The van der Waals surface area contributed by atoms with E-state index in [0.29, 0.717) is 23.9 Å². The van der Waals surface area contributed by atoms with Crippen molar-refractivity contribution < 1.29 is 14.3 Å². The molecule has 4 aliphatic carbocycles. The maximum atomic E-state index is 13.2. The molecule has 4 aliphatic rings. The van der Waals surface area contributed by atoms with Gasteiger partial charge in [-0.3, -0.25) is 4.79 Å². The van der Waals surface area contributed by atoms with Crippen molar-refractivity contribution in [3.63, 3.8) is 0 Å². The fourth-order valence-electron chi connectivity index (χ4n) is 5.73. The molecule has 1 aromatic carbocycles. The Morgan fingerprint density at radius 1 is 1.30 bits per heavy atom. The Morgan fingerprint density at radius 2 is 2.00 bits per heavy atom. The molecule has 0 heterocycles. The molecule has 0 aromatic heterocycles. The smallest absolute Gasteiger partial charge is 0.224 e. The van der Waals surface area contributed by atoms with Gasteiger partial charge in [0.15, 0.2) is 0 Å². The molecule has 4 bridgehead atoms. The minimum atomic E-state index is -0.552. The zero-order valence-corrected chi connectivity index (χ0v) is 13.7. The summed E-state index contributed by atoms with van der Waals surface area (Å²) in [6, 6.07) is 4.21. The van der Waals surface area contributed by atoms with Crippen molar-refractivity contribution in [1.29, 1.82) is 0 Å². The molecule has 1 amide bonds. The standard InChI is InChI=1S/C18H21ClFNO2/c19-14-4-13(1-2-15(14)20)21-16(22)9-17-5-11-3-12(6-17)8-18(23,7-11)10-17/h1-2,4,11-12,23H,3,5-10H2,(H,21,22)/t11-,12+,17?,18?. The van der Waals surface area contributed by atoms with Crippen LogP contribution in [0.2, 0.25) is 5.02 Å². The van der Waals surface area contributed by atoms with E-state index in [4.69, 9.17) is 11.6 Å². The van der Waals surface area contributed by atoms with E-state index in [2.05, 4.69) is 5.32 Å². The highest BCUT2D eigenvalue weighted by atomic mass is 35.5. The van der Waals surface area contributed by atoms with Gasteiger partial charge in [-0.2, -0.15) is 0 Å². The molecule has 5 rings (SSSR count). The summed E-state index contributed by atoms with van der Waals surface area (Å²) in [6.07, 6.45) is 6.27. The minimum Gasteiger partial charge on any atom is -0.390 e. The molecule has 5 heteroatoms. The van der Waals surface area contributed by atoms with Crippen molar-refractivity contribution in [3.8, 4) is 0 Å². The third-order valence-corrected chi connectivity index (χ3v) is 6.18. The molecule has 4 atom stereocenters. The van der Waals surface area contributed by atoms with Gasteiger partial charge in [0.1, 0.15) is 5.82 Å². The summed E-state index contributed by atoms with van der Waals surface area (Å²) in [5.41, 5.74) is -0.0964. The molecule has 2 unspecified atom stereocenters. The first-order chi connectivity index (χ1) is 10.8. The first-order valence-corrected chi connectivity index (χ1v) is 8.70. The SMILES string of the molecule is O=C(CC12C[C@@H]3C[C@@H](CC(O)(C3)C1)C2)Nc1ccc(F)c(Cl)c1. The van der Waals surface area contributed by atoms with Crippen LogP contribution >= 0.6 is 11.6 Å². The summed E-state index contributed by atoms with van der Waals surface area (Å²) in [5, 5.41) is 13.6. The molecule has 4 saturated carbocycles. The summed E-state index contributed by atoms with van der Waals surface area (Å²) in [4.78, 5) is 12.5. The molecule has 0 spiro atoms. The van der Waals surface area contributed by atoms with E-state index in [1.54, 1.807) is 0 Å². The van der Waals surface area contributed by atoms with Crippen molar-refractivity contribution in [2.75, 3.05) is 5.32 Å². The highest BCUT2D eigenvalue weighted by molar-refractivity contribution is 6.31. The van der Waals surface area contributed by atoms with Crippen molar-refractivity contribution >= 4 is 23.2 Å². The molecular formula is C18H21ClFNO2. The largest absolute Gasteiger partial charge is 0.390 e. The monoisotopic (exact) mass is 337 g/mol. The topological polar surface area (TPSA) is 49.3 Å². The third kappa shape index (κ3) is 2.87. The van der Waals surface area contributed by atoms with Gasteiger partial charge in [0.05, 0.1) is 10.6 Å². The van der Waals surface area contributed by atoms with Gasteiger partial charge < -0.3 is 10.4 Å². The Bertz CT molecular complexity index is 648. The normalized spacial score (nSPS) is 37.9. The van der Waals surface area contributed by atoms with Crippen LogP contribution in [-0.2, 0) is 4.79 Å². The van der Waals surface area contributed by atoms with E-state index in [0.717, 1.165) is 32.1 Å². The second-order valence-electron chi connectivity index (χ2n) is 8.04. The quantitative estimate of drug-likeness (QED) is 0.871. The highest BCUT2D eigenvalue weighted by Crippen LogP contribution is 2.62.